The van der Waals surface area contributed by atoms with Crippen molar-refractivity contribution in [1.29, 1.82) is 0 Å². The van der Waals surface area contributed by atoms with Crippen LogP contribution in [0.15, 0.2) is 24.3 Å². The number of aryl methyl sites for hydroxylation is 1. The minimum Gasteiger partial charge on any atom is -0.384 e. The van der Waals surface area contributed by atoms with Gasteiger partial charge in [0.05, 0.1) is 5.60 Å². The van der Waals surface area contributed by atoms with Crippen LogP contribution >= 0.6 is 0 Å². The van der Waals surface area contributed by atoms with E-state index in [0.717, 1.165) is 38.8 Å². The van der Waals surface area contributed by atoms with Gasteiger partial charge in [-0.15, -0.1) is 0 Å². The highest BCUT2D eigenvalue weighted by molar-refractivity contribution is 5.36. The molecule has 0 bridgehead atoms. The molecule has 1 fully saturated rings. The first-order valence-corrected chi connectivity index (χ1v) is 8.44. The highest BCUT2D eigenvalue weighted by Gasteiger charge is 2.52. The molecule has 1 saturated heterocycles. The maximum atomic E-state index is 11.9. The lowest BCUT2D eigenvalue weighted by Gasteiger charge is -2.50. The molecule has 0 aromatic heterocycles. The predicted molar refractivity (Wildman–Crippen MR) is 87.3 cm³/mol. The molecule has 21 heavy (non-hydrogen) atoms. The van der Waals surface area contributed by atoms with Crippen molar-refractivity contribution in [2.24, 2.45) is 11.3 Å². The number of hydrogen-bond acceptors (Lipinski definition) is 2. The summed E-state index contributed by atoms with van der Waals surface area (Å²) in [5.74, 6) is 0.378. The Kier molecular flexibility index (Phi) is 3.87. The third-order valence-corrected chi connectivity index (χ3v) is 6.02. The molecule has 2 heteroatoms. The monoisotopic (exact) mass is 287 g/mol. The zero-order valence-electron chi connectivity index (χ0n) is 13.7. The Balaban J connectivity index is 2.06. The van der Waals surface area contributed by atoms with E-state index < -0.39 is 5.60 Å². The number of hydrogen-bond donors (Lipinski definition) is 1. The van der Waals surface area contributed by atoms with E-state index in [1.165, 1.54) is 17.5 Å². The Morgan fingerprint density at radius 1 is 1.14 bits per heavy atom. The molecule has 1 unspecified atom stereocenters. The van der Waals surface area contributed by atoms with Crippen LogP contribution in [0, 0.1) is 11.3 Å². The van der Waals surface area contributed by atoms with Crippen molar-refractivity contribution >= 4 is 0 Å². The summed E-state index contributed by atoms with van der Waals surface area (Å²) in [6.07, 6.45) is 5.59. The quantitative estimate of drug-likeness (QED) is 0.798. The molecular weight excluding hydrogens is 258 g/mol. The van der Waals surface area contributed by atoms with Gasteiger partial charge in [0.1, 0.15) is 0 Å². The number of nitrogens with zero attached hydrogens (tertiary/aromatic N) is 1. The minimum atomic E-state index is -0.679. The third-order valence-electron chi connectivity index (χ3n) is 6.02. The lowest BCUT2D eigenvalue weighted by Crippen LogP contribution is -2.51. The molecule has 0 radical (unpaired) electrons. The molecule has 1 aromatic carbocycles. The molecule has 2 nitrogen and oxygen atoms in total. The molecule has 1 aromatic rings. The van der Waals surface area contributed by atoms with Crippen LogP contribution in [0.5, 0.6) is 0 Å². The van der Waals surface area contributed by atoms with Crippen molar-refractivity contribution in [2.75, 3.05) is 20.1 Å². The SMILES string of the molecule is CN1CCC(C2(O)c3ccccc3CCCC2(C)C)CC1. The van der Waals surface area contributed by atoms with E-state index in [-0.39, 0.29) is 5.41 Å². The lowest BCUT2D eigenvalue weighted by atomic mass is 9.61. The zero-order chi connectivity index (χ0) is 15.1. The van der Waals surface area contributed by atoms with E-state index in [4.69, 9.17) is 0 Å². The average Bonchev–Trinajstić information content (AvgIpc) is 2.56. The van der Waals surface area contributed by atoms with Crippen LogP contribution in [0.4, 0.5) is 0 Å². The van der Waals surface area contributed by atoms with Gasteiger partial charge in [-0.2, -0.15) is 0 Å². The fraction of sp³-hybridized carbons (Fsp3) is 0.684. The largest absolute Gasteiger partial charge is 0.384 e. The summed E-state index contributed by atoms with van der Waals surface area (Å²) in [4.78, 5) is 2.38. The van der Waals surface area contributed by atoms with Crippen LogP contribution < -0.4 is 0 Å². The van der Waals surface area contributed by atoms with E-state index >= 15 is 0 Å². The maximum Gasteiger partial charge on any atom is 0.0978 e. The summed E-state index contributed by atoms with van der Waals surface area (Å²) in [5, 5.41) is 11.9. The Morgan fingerprint density at radius 2 is 1.81 bits per heavy atom. The number of rotatable bonds is 1. The maximum absolute atomic E-state index is 11.9. The van der Waals surface area contributed by atoms with Gasteiger partial charge >= 0.3 is 0 Å². The molecule has 1 aliphatic carbocycles. The normalized spacial score (nSPS) is 30.7. The lowest BCUT2D eigenvalue weighted by molar-refractivity contribution is -0.135. The van der Waals surface area contributed by atoms with Gasteiger partial charge in [-0.1, -0.05) is 38.1 Å². The van der Waals surface area contributed by atoms with E-state index in [9.17, 15) is 5.11 Å². The molecule has 2 aliphatic rings. The molecule has 1 aliphatic heterocycles. The minimum absolute atomic E-state index is 0.0554. The molecule has 0 spiro atoms. The van der Waals surface area contributed by atoms with Crippen LogP contribution in [0.3, 0.4) is 0 Å². The Morgan fingerprint density at radius 3 is 2.52 bits per heavy atom. The summed E-state index contributed by atoms with van der Waals surface area (Å²) in [5.41, 5.74) is 1.84. The molecule has 3 rings (SSSR count). The van der Waals surface area contributed by atoms with E-state index in [2.05, 4.69) is 50.1 Å². The fourth-order valence-electron chi connectivity index (χ4n) is 4.58. The number of fused-ring (bicyclic) bond motifs is 1. The molecule has 116 valence electrons. The number of piperidine rings is 1. The summed E-state index contributed by atoms with van der Waals surface area (Å²) in [6.45, 7) is 6.75. The van der Waals surface area contributed by atoms with Crippen LogP contribution in [0.1, 0.15) is 50.7 Å². The van der Waals surface area contributed by atoms with Gasteiger partial charge in [-0.25, -0.2) is 0 Å². The van der Waals surface area contributed by atoms with Crippen molar-refractivity contribution in [3.8, 4) is 0 Å². The van der Waals surface area contributed by atoms with Gasteiger partial charge in [0.2, 0.25) is 0 Å². The molecule has 1 heterocycles. The van der Waals surface area contributed by atoms with Crippen molar-refractivity contribution < 1.29 is 5.11 Å². The Hall–Kier alpha value is -0.860. The van der Waals surface area contributed by atoms with Gasteiger partial charge in [-0.3, -0.25) is 0 Å². The Bertz CT molecular complexity index is 502. The summed E-state index contributed by atoms with van der Waals surface area (Å²) < 4.78 is 0. The van der Waals surface area contributed by atoms with Gasteiger partial charge in [0.25, 0.3) is 0 Å². The second-order valence-electron chi connectivity index (χ2n) is 7.74. The van der Waals surface area contributed by atoms with E-state index in [1.54, 1.807) is 0 Å². The molecule has 1 N–H and O–H groups in total. The van der Waals surface area contributed by atoms with Crippen LogP contribution in [-0.2, 0) is 12.0 Å². The number of benzene rings is 1. The summed E-state index contributed by atoms with van der Waals surface area (Å²) in [7, 11) is 2.19. The number of aliphatic hydroxyl groups is 1. The first kappa shape index (κ1) is 15.1. The average molecular weight is 287 g/mol. The Labute approximate surface area is 129 Å². The molecule has 1 atom stereocenters. The second-order valence-corrected chi connectivity index (χ2v) is 7.74. The van der Waals surface area contributed by atoms with E-state index in [1.807, 2.05) is 0 Å². The van der Waals surface area contributed by atoms with Crippen molar-refractivity contribution in [2.45, 2.75) is 51.6 Å². The van der Waals surface area contributed by atoms with Crippen molar-refractivity contribution in [1.82, 2.24) is 4.90 Å². The second kappa shape index (κ2) is 5.40. The molecule has 0 amide bonds. The van der Waals surface area contributed by atoms with Crippen LogP contribution in [0.25, 0.3) is 0 Å². The third kappa shape index (κ3) is 2.43. The van der Waals surface area contributed by atoms with E-state index in [0.29, 0.717) is 5.92 Å². The van der Waals surface area contributed by atoms with Crippen molar-refractivity contribution in [3.63, 3.8) is 0 Å². The van der Waals surface area contributed by atoms with Gasteiger partial charge < -0.3 is 10.0 Å². The van der Waals surface area contributed by atoms with Crippen LogP contribution in [-0.4, -0.2) is 30.1 Å². The zero-order valence-corrected chi connectivity index (χ0v) is 13.7. The van der Waals surface area contributed by atoms with Crippen molar-refractivity contribution in [3.05, 3.63) is 35.4 Å². The van der Waals surface area contributed by atoms with Gasteiger partial charge in [0.15, 0.2) is 0 Å². The molecule has 0 saturated carbocycles. The summed E-state index contributed by atoms with van der Waals surface area (Å²) >= 11 is 0. The summed E-state index contributed by atoms with van der Waals surface area (Å²) in [6, 6.07) is 8.61. The topological polar surface area (TPSA) is 23.5 Å². The smallest absolute Gasteiger partial charge is 0.0978 e. The highest BCUT2D eigenvalue weighted by atomic mass is 16.3. The fourth-order valence-corrected chi connectivity index (χ4v) is 4.58. The molecular formula is C19H29NO. The standard InChI is InChI=1S/C19H29NO/c1-18(2)12-6-8-15-7-4-5-9-17(15)19(18,21)16-10-13-20(3)14-11-16/h4-5,7,9,16,21H,6,8,10-14H2,1-3H3. The first-order chi connectivity index (χ1) is 9.95. The van der Waals surface area contributed by atoms with Crippen LogP contribution in [0.2, 0.25) is 0 Å². The predicted octanol–water partition coefficient (Wildman–Crippen LogP) is 3.58. The van der Waals surface area contributed by atoms with Gasteiger partial charge in [0, 0.05) is 0 Å². The first-order valence-electron chi connectivity index (χ1n) is 8.44. The van der Waals surface area contributed by atoms with Gasteiger partial charge in [-0.05, 0) is 74.7 Å². The number of likely N-dealkylation sites (tertiary alicyclic amines) is 1. The highest BCUT2D eigenvalue weighted by Crippen LogP contribution is 2.53.